The predicted molar refractivity (Wildman–Crippen MR) is 121 cm³/mol. The number of sulfonamides is 1. The second kappa shape index (κ2) is 8.42. The van der Waals surface area contributed by atoms with Crippen LogP contribution in [0.15, 0.2) is 82.1 Å². The monoisotopic (exact) mass is 465 g/mol. The molecule has 1 aliphatic rings. The molecule has 0 bridgehead atoms. The number of hydrogen-bond donors (Lipinski definition) is 1. The number of fused-ring (bicyclic) bond motifs is 1. The van der Waals surface area contributed by atoms with E-state index in [1.54, 1.807) is 24.3 Å². The molecule has 1 aliphatic heterocycles. The van der Waals surface area contributed by atoms with Crippen molar-refractivity contribution in [1.29, 1.82) is 0 Å². The van der Waals surface area contributed by atoms with Crippen molar-refractivity contribution < 1.29 is 22.0 Å². The zero-order valence-corrected chi connectivity index (χ0v) is 18.3. The van der Waals surface area contributed by atoms with Gasteiger partial charge in [0.05, 0.1) is 4.90 Å². The molecule has 1 aromatic heterocycles. The van der Waals surface area contributed by atoms with E-state index in [1.807, 2.05) is 24.3 Å². The van der Waals surface area contributed by atoms with Gasteiger partial charge in [0.25, 0.3) is 0 Å². The number of nitrogens with one attached hydrogen (secondary N) is 1. The third-order valence-corrected chi connectivity index (χ3v) is 7.54. The molecule has 168 valence electrons. The summed E-state index contributed by atoms with van der Waals surface area (Å²) in [5.41, 5.74) is 2.73. The van der Waals surface area contributed by atoms with Crippen molar-refractivity contribution in [3.05, 3.63) is 78.6 Å². The van der Waals surface area contributed by atoms with Crippen LogP contribution in [0.25, 0.3) is 22.6 Å². The van der Waals surface area contributed by atoms with Gasteiger partial charge in [-0.05, 0) is 73.5 Å². The van der Waals surface area contributed by atoms with Crippen LogP contribution in [0.5, 0.6) is 0 Å². The number of para-hydroxylation sites is 2. The first-order valence-corrected chi connectivity index (χ1v) is 11.9. The molecule has 7 nitrogen and oxygen atoms in total. The Hall–Kier alpha value is -3.56. The number of anilines is 1. The molecule has 1 amide bonds. The Morgan fingerprint density at radius 1 is 1.03 bits per heavy atom. The van der Waals surface area contributed by atoms with Crippen molar-refractivity contribution in [3.8, 4) is 11.5 Å². The molecule has 0 spiro atoms. The van der Waals surface area contributed by atoms with Crippen molar-refractivity contribution in [2.75, 3.05) is 11.9 Å². The molecule has 0 saturated carbocycles. The second-order valence-corrected chi connectivity index (χ2v) is 9.67. The van der Waals surface area contributed by atoms with Gasteiger partial charge in [0.2, 0.25) is 21.8 Å². The number of halogens is 1. The highest BCUT2D eigenvalue weighted by molar-refractivity contribution is 7.89. The molecule has 1 fully saturated rings. The van der Waals surface area contributed by atoms with Crippen LogP contribution in [-0.4, -0.2) is 36.2 Å². The minimum Gasteiger partial charge on any atom is -0.436 e. The van der Waals surface area contributed by atoms with Crippen LogP contribution in [0.2, 0.25) is 0 Å². The highest BCUT2D eigenvalue weighted by Crippen LogP contribution is 2.28. The van der Waals surface area contributed by atoms with E-state index in [9.17, 15) is 17.6 Å². The average Bonchev–Trinajstić information content (AvgIpc) is 3.48. The molecule has 0 aliphatic carbocycles. The molecular formula is C24H20FN3O4S. The van der Waals surface area contributed by atoms with Crippen LogP contribution in [0.3, 0.4) is 0 Å². The first-order valence-electron chi connectivity index (χ1n) is 10.5. The summed E-state index contributed by atoms with van der Waals surface area (Å²) in [6.07, 6.45) is 0.975. The van der Waals surface area contributed by atoms with Gasteiger partial charge in [-0.1, -0.05) is 12.1 Å². The Bertz CT molecular complexity index is 1380. The number of oxazole rings is 1. The Labute approximate surface area is 189 Å². The van der Waals surface area contributed by atoms with Crippen LogP contribution in [0, 0.1) is 5.82 Å². The van der Waals surface area contributed by atoms with Crippen LogP contribution in [0.1, 0.15) is 12.8 Å². The lowest BCUT2D eigenvalue weighted by molar-refractivity contribution is -0.119. The van der Waals surface area contributed by atoms with Crippen LogP contribution in [0.4, 0.5) is 10.1 Å². The van der Waals surface area contributed by atoms with Gasteiger partial charge in [0.15, 0.2) is 5.58 Å². The zero-order valence-electron chi connectivity index (χ0n) is 17.4. The van der Waals surface area contributed by atoms with Gasteiger partial charge in [-0.3, -0.25) is 4.79 Å². The van der Waals surface area contributed by atoms with Gasteiger partial charge in [0, 0.05) is 17.8 Å². The molecule has 4 aromatic rings. The average molecular weight is 466 g/mol. The molecule has 1 atom stereocenters. The standard InChI is InChI=1S/C24H20FN3O4S/c25-17-9-13-19(14-10-17)33(30,31)28-15-3-5-21(28)23(29)26-18-11-7-16(8-12-18)24-27-20-4-1-2-6-22(20)32-24/h1-2,4,6-14,21H,3,5,15H2,(H,26,29). The maximum atomic E-state index is 13.2. The molecule has 33 heavy (non-hydrogen) atoms. The number of rotatable bonds is 5. The Balaban J connectivity index is 1.32. The fourth-order valence-electron chi connectivity index (χ4n) is 3.95. The third-order valence-electron chi connectivity index (χ3n) is 5.62. The van der Waals surface area contributed by atoms with Crippen LogP contribution >= 0.6 is 0 Å². The SMILES string of the molecule is O=C(Nc1ccc(-c2nc3ccccc3o2)cc1)C1CCCN1S(=O)(=O)c1ccc(F)cc1. The highest BCUT2D eigenvalue weighted by atomic mass is 32.2. The predicted octanol–water partition coefficient (Wildman–Crippen LogP) is 4.43. The summed E-state index contributed by atoms with van der Waals surface area (Å²) in [6.45, 7) is 0.231. The summed E-state index contributed by atoms with van der Waals surface area (Å²) >= 11 is 0. The van der Waals surface area contributed by atoms with Crippen molar-refractivity contribution in [2.24, 2.45) is 0 Å². The van der Waals surface area contributed by atoms with Gasteiger partial charge in [0.1, 0.15) is 17.4 Å². The quantitative estimate of drug-likeness (QED) is 0.471. The first kappa shape index (κ1) is 21.3. The van der Waals surface area contributed by atoms with Gasteiger partial charge in [-0.2, -0.15) is 4.31 Å². The van der Waals surface area contributed by atoms with Gasteiger partial charge < -0.3 is 9.73 Å². The maximum absolute atomic E-state index is 13.2. The Morgan fingerprint density at radius 3 is 2.48 bits per heavy atom. The number of carbonyl (C=O) groups is 1. The number of hydrogen-bond acceptors (Lipinski definition) is 5. The van der Waals surface area contributed by atoms with Crippen molar-refractivity contribution in [3.63, 3.8) is 0 Å². The third kappa shape index (κ3) is 4.12. The summed E-state index contributed by atoms with van der Waals surface area (Å²) < 4.78 is 46.1. The fraction of sp³-hybridized carbons (Fsp3) is 0.167. The van der Waals surface area contributed by atoms with Gasteiger partial charge in [-0.25, -0.2) is 17.8 Å². The summed E-state index contributed by atoms with van der Waals surface area (Å²) in [4.78, 5) is 17.3. The van der Waals surface area contributed by atoms with Gasteiger partial charge >= 0.3 is 0 Å². The summed E-state index contributed by atoms with van der Waals surface area (Å²) in [6, 6.07) is 18.2. The van der Waals surface area contributed by atoms with Crippen molar-refractivity contribution >= 4 is 32.7 Å². The van der Waals surface area contributed by atoms with Crippen LogP contribution < -0.4 is 5.32 Å². The zero-order chi connectivity index (χ0) is 23.0. The molecular weight excluding hydrogens is 445 g/mol. The van der Waals surface area contributed by atoms with E-state index in [0.29, 0.717) is 30.0 Å². The molecule has 1 N–H and O–H groups in total. The van der Waals surface area contributed by atoms with Crippen molar-refractivity contribution in [2.45, 2.75) is 23.8 Å². The van der Waals surface area contributed by atoms with E-state index in [1.165, 1.54) is 16.4 Å². The molecule has 3 aromatic carbocycles. The lowest BCUT2D eigenvalue weighted by Crippen LogP contribution is -2.43. The molecule has 0 radical (unpaired) electrons. The molecule has 1 saturated heterocycles. The van der Waals surface area contributed by atoms with Gasteiger partial charge in [-0.15, -0.1) is 0 Å². The minimum atomic E-state index is -3.91. The topological polar surface area (TPSA) is 92.5 Å². The van der Waals surface area contributed by atoms with Crippen molar-refractivity contribution in [1.82, 2.24) is 9.29 Å². The molecule has 9 heteroatoms. The molecule has 5 rings (SSSR count). The molecule has 2 heterocycles. The Morgan fingerprint density at radius 2 is 1.76 bits per heavy atom. The van der Waals surface area contributed by atoms with E-state index in [0.717, 1.165) is 23.2 Å². The number of aromatic nitrogens is 1. The van der Waals surface area contributed by atoms with E-state index in [-0.39, 0.29) is 11.4 Å². The second-order valence-electron chi connectivity index (χ2n) is 7.78. The Kier molecular flexibility index (Phi) is 5.43. The summed E-state index contributed by atoms with van der Waals surface area (Å²) in [5, 5.41) is 2.80. The van der Waals surface area contributed by atoms with E-state index in [2.05, 4.69) is 10.3 Å². The number of benzene rings is 3. The lowest BCUT2D eigenvalue weighted by atomic mass is 10.2. The molecule has 1 unspecified atom stereocenters. The lowest BCUT2D eigenvalue weighted by Gasteiger charge is -2.23. The number of carbonyl (C=O) groups excluding carboxylic acids is 1. The normalized spacial score (nSPS) is 16.8. The maximum Gasteiger partial charge on any atom is 0.243 e. The van der Waals surface area contributed by atoms with E-state index >= 15 is 0 Å². The number of amides is 1. The minimum absolute atomic E-state index is 0.0358. The van der Waals surface area contributed by atoms with E-state index < -0.39 is 27.8 Å². The fourth-order valence-corrected chi connectivity index (χ4v) is 5.61. The van der Waals surface area contributed by atoms with Crippen LogP contribution in [-0.2, 0) is 14.8 Å². The number of nitrogens with zero attached hydrogens (tertiary/aromatic N) is 2. The smallest absolute Gasteiger partial charge is 0.243 e. The summed E-state index contributed by atoms with van der Waals surface area (Å²) in [7, 11) is -3.91. The first-order chi connectivity index (χ1) is 15.9. The highest BCUT2D eigenvalue weighted by Gasteiger charge is 2.39. The largest absolute Gasteiger partial charge is 0.436 e. The van der Waals surface area contributed by atoms with E-state index in [4.69, 9.17) is 4.42 Å². The summed E-state index contributed by atoms with van der Waals surface area (Å²) in [5.74, 6) is -0.458.